The molecule has 0 unspecified atom stereocenters. The Morgan fingerprint density at radius 3 is 2.43 bits per heavy atom. The molecule has 1 heterocycles. The van der Waals surface area contributed by atoms with Crippen molar-refractivity contribution in [2.24, 2.45) is 0 Å². The molecule has 7 heteroatoms. The zero-order valence-electron chi connectivity index (χ0n) is 12.9. The molecule has 2 fully saturated rings. The molecule has 23 heavy (non-hydrogen) atoms. The monoisotopic (exact) mass is 317 g/mol. The second-order valence-corrected chi connectivity index (χ2v) is 5.88. The second kappa shape index (κ2) is 5.91. The zero-order valence-corrected chi connectivity index (χ0v) is 12.9. The van der Waals surface area contributed by atoms with Crippen LogP contribution in [0.1, 0.15) is 42.5 Å². The van der Waals surface area contributed by atoms with E-state index >= 15 is 0 Å². The third-order valence-corrected chi connectivity index (χ3v) is 4.43. The van der Waals surface area contributed by atoms with Gasteiger partial charge in [0.25, 0.3) is 11.8 Å². The number of nitrogens with zero attached hydrogens (tertiary/aromatic N) is 1. The van der Waals surface area contributed by atoms with Crippen LogP contribution in [-0.2, 0) is 4.79 Å². The molecule has 0 aromatic heterocycles. The predicted molar refractivity (Wildman–Crippen MR) is 81.7 cm³/mol. The first-order chi connectivity index (χ1) is 11.1. The van der Waals surface area contributed by atoms with E-state index in [2.05, 4.69) is 10.7 Å². The van der Waals surface area contributed by atoms with Crippen molar-refractivity contribution in [3.05, 3.63) is 29.8 Å². The van der Waals surface area contributed by atoms with Gasteiger partial charge in [-0.1, -0.05) is 19.3 Å². The molecule has 1 aliphatic heterocycles. The molecule has 122 valence electrons. The Morgan fingerprint density at radius 2 is 1.83 bits per heavy atom. The van der Waals surface area contributed by atoms with E-state index in [9.17, 15) is 14.4 Å². The zero-order chi connectivity index (χ0) is 16.4. The van der Waals surface area contributed by atoms with E-state index in [0.717, 1.165) is 24.3 Å². The molecular formula is C16H19N3O4. The Morgan fingerprint density at radius 1 is 1.17 bits per heavy atom. The minimum Gasteiger partial charge on any atom is -0.497 e. The first-order valence-corrected chi connectivity index (χ1v) is 7.67. The van der Waals surface area contributed by atoms with Crippen LogP contribution in [0.25, 0.3) is 0 Å². The van der Waals surface area contributed by atoms with Crippen molar-refractivity contribution in [2.45, 2.75) is 37.6 Å². The highest BCUT2D eigenvalue weighted by molar-refractivity contribution is 6.09. The summed E-state index contributed by atoms with van der Waals surface area (Å²) in [5, 5.41) is 3.55. The number of hydrogen-bond donors (Lipinski definition) is 2. The lowest BCUT2D eigenvalue weighted by Gasteiger charge is -2.30. The number of ether oxygens (including phenoxy) is 1. The summed E-state index contributed by atoms with van der Waals surface area (Å²) in [6, 6.07) is 5.86. The minimum absolute atomic E-state index is 0.344. The maximum atomic E-state index is 12.6. The van der Waals surface area contributed by atoms with E-state index in [-0.39, 0.29) is 5.91 Å². The number of imide groups is 1. The fourth-order valence-corrected chi connectivity index (χ4v) is 3.12. The SMILES string of the molecule is COc1ccc(C(=O)NN2C(=O)NC3(CCCCC3)C2=O)cc1. The van der Waals surface area contributed by atoms with Crippen LogP contribution in [0.3, 0.4) is 0 Å². The van der Waals surface area contributed by atoms with Gasteiger partial charge in [-0.05, 0) is 37.1 Å². The van der Waals surface area contributed by atoms with Gasteiger partial charge in [0.1, 0.15) is 11.3 Å². The van der Waals surface area contributed by atoms with Gasteiger partial charge in [0.2, 0.25) is 0 Å². The van der Waals surface area contributed by atoms with Crippen molar-refractivity contribution >= 4 is 17.8 Å². The van der Waals surface area contributed by atoms with Crippen LogP contribution in [0.5, 0.6) is 5.75 Å². The lowest BCUT2D eigenvalue weighted by molar-refractivity contribution is -0.134. The minimum atomic E-state index is -0.845. The number of hydrazine groups is 1. The van der Waals surface area contributed by atoms with E-state index in [1.807, 2.05) is 0 Å². The Labute approximate surface area is 133 Å². The molecular weight excluding hydrogens is 298 g/mol. The smallest absolute Gasteiger partial charge is 0.344 e. The van der Waals surface area contributed by atoms with Crippen LogP contribution in [-0.4, -0.2) is 35.5 Å². The number of amides is 4. The van der Waals surface area contributed by atoms with Crippen LogP contribution in [0.15, 0.2) is 24.3 Å². The summed E-state index contributed by atoms with van der Waals surface area (Å²) >= 11 is 0. The molecule has 4 amide bonds. The summed E-state index contributed by atoms with van der Waals surface area (Å²) in [4.78, 5) is 36.9. The summed E-state index contributed by atoms with van der Waals surface area (Å²) in [6.45, 7) is 0. The van der Waals surface area contributed by atoms with Crippen molar-refractivity contribution in [3.63, 3.8) is 0 Å². The van der Waals surface area contributed by atoms with Crippen molar-refractivity contribution < 1.29 is 19.1 Å². The molecule has 0 radical (unpaired) electrons. The molecule has 1 saturated carbocycles. The summed E-state index contributed by atoms with van der Waals surface area (Å²) in [6.07, 6.45) is 4.08. The van der Waals surface area contributed by atoms with E-state index < -0.39 is 17.5 Å². The van der Waals surface area contributed by atoms with Gasteiger partial charge in [0, 0.05) is 5.56 Å². The summed E-state index contributed by atoms with van der Waals surface area (Å²) < 4.78 is 5.03. The lowest BCUT2D eigenvalue weighted by Crippen LogP contribution is -2.50. The molecule has 2 N–H and O–H groups in total. The maximum Gasteiger partial charge on any atom is 0.344 e. The van der Waals surface area contributed by atoms with E-state index in [1.54, 1.807) is 24.3 Å². The molecule has 3 rings (SSSR count). The highest BCUT2D eigenvalue weighted by atomic mass is 16.5. The average molecular weight is 317 g/mol. The number of nitrogens with one attached hydrogen (secondary N) is 2. The molecule has 0 atom stereocenters. The standard InChI is InChI=1S/C16H19N3O4/c1-23-12-7-5-11(6-8-12)13(20)18-19-14(21)16(17-15(19)22)9-3-2-4-10-16/h5-8H,2-4,9-10H2,1H3,(H,17,22)(H,18,20). The topological polar surface area (TPSA) is 87.7 Å². The fourth-order valence-electron chi connectivity index (χ4n) is 3.12. The number of benzene rings is 1. The molecule has 7 nitrogen and oxygen atoms in total. The van der Waals surface area contributed by atoms with Gasteiger partial charge in [-0.2, -0.15) is 5.01 Å². The lowest BCUT2D eigenvalue weighted by atomic mass is 9.82. The van der Waals surface area contributed by atoms with Crippen molar-refractivity contribution in [1.82, 2.24) is 15.8 Å². The van der Waals surface area contributed by atoms with Crippen LogP contribution in [0.2, 0.25) is 0 Å². The Bertz CT molecular complexity index is 635. The number of methoxy groups -OCH3 is 1. The van der Waals surface area contributed by atoms with Crippen molar-refractivity contribution in [3.8, 4) is 5.75 Å². The van der Waals surface area contributed by atoms with Gasteiger partial charge >= 0.3 is 6.03 Å². The summed E-state index contributed by atoms with van der Waals surface area (Å²) in [5.74, 6) is -0.259. The summed E-state index contributed by atoms with van der Waals surface area (Å²) in [5.41, 5.74) is 1.89. The predicted octanol–water partition coefficient (Wildman–Crippen LogP) is 1.59. The first-order valence-electron chi connectivity index (χ1n) is 7.67. The van der Waals surface area contributed by atoms with Gasteiger partial charge in [-0.3, -0.25) is 15.0 Å². The molecule has 2 aliphatic rings. The van der Waals surface area contributed by atoms with Crippen LogP contribution in [0, 0.1) is 0 Å². The van der Waals surface area contributed by atoms with Gasteiger partial charge in [-0.25, -0.2) is 4.79 Å². The highest BCUT2D eigenvalue weighted by Gasteiger charge is 2.52. The van der Waals surface area contributed by atoms with Crippen molar-refractivity contribution in [1.29, 1.82) is 0 Å². The molecule has 0 bridgehead atoms. The van der Waals surface area contributed by atoms with E-state index in [4.69, 9.17) is 4.74 Å². The van der Waals surface area contributed by atoms with Gasteiger partial charge < -0.3 is 10.1 Å². The van der Waals surface area contributed by atoms with E-state index in [1.165, 1.54) is 7.11 Å². The van der Waals surface area contributed by atoms with Gasteiger partial charge in [0.05, 0.1) is 7.11 Å². The average Bonchev–Trinajstić information content (AvgIpc) is 2.80. The van der Waals surface area contributed by atoms with Crippen LogP contribution in [0.4, 0.5) is 4.79 Å². The third-order valence-electron chi connectivity index (χ3n) is 4.43. The number of hydrogen-bond acceptors (Lipinski definition) is 4. The quantitative estimate of drug-likeness (QED) is 0.829. The first kappa shape index (κ1) is 15.3. The second-order valence-electron chi connectivity index (χ2n) is 5.88. The van der Waals surface area contributed by atoms with Crippen LogP contribution < -0.4 is 15.5 Å². The van der Waals surface area contributed by atoms with Gasteiger partial charge in [-0.15, -0.1) is 0 Å². The number of rotatable bonds is 3. The number of urea groups is 1. The maximum absolute atomic E-state index is 12.6. The van der Waals surface area contributed by atoms with Crippen LogP contribution >= 0.6 is 0 Å². The van der Waals surface area contributed by atoms with Crippen molar-refractivity contribution in [2.75, 3.05) is 7.11 Å². The Balaban J connectivity index is 1.72. The van der Waals surface area contributed by atoms with E-state index in [0.29, 0.717) is 24.2 Å². The Kier molecular flexibility index (Phi) is 3.94. The molecule has 1 aromatic carbocycles. The molecule has 1 aromatic rings. The molecule has 1 saturated heterocycles. The third kappa shape index (κ3) is 2.74. The normalized spacial score (nSPS) is 19.6. The summed E-state index contributed by atoms with van der Waals surface area (Å²) in [7, 11) is 1.53. The highest BCUT2D eigenvalue weighted by Crippen LogP contribution is 2.33. The molecule has 1 aliphatic carbocycles. The number of carbonyl (C=O) groups is 3. The Hall–Kier alpha value is -2.57. The van der Waals surface area contributed by atoms with Gasteiger partial charge in [0.15, 0.2) is 0 Å². The fraction of sp³-hybridized carbons (Fsp3) is 0.438. The number of carbonyl (C=O) groups excluding carboxylic acids is 3. The largest absolute Gasteiger partial charge is 0.497 e. The molecule has 1 spiro atoms.